The first-order valence-electron chi connectivity index (χ1n) is 6.51. The number of hydrazine groups is 1. The van der Waals surface area contributed by atoms with Crippen molar-refractivity contribution < 1.29 is 24.0 Å². The van der Waals surface area contributed by atoms with Crippen LogP contribution in [-0.2, 0) is 9.53 Å². The number of ether oxygens (including phenoxy) is 1. The Morgan fingerprint density at radius 1 is 1.12 bits per heavy atom. The van der Waals surface area contributed by atoms with Crippen LogP contribution in [0.3, 0.4) is 0 Å². The van der Waals surface area contributed by atoms with E-state index in [2.05, 4.69) is 10.9 Å². The average molecular weight is 349 g/mol. The van der Waals surface area contributed by atoms with E-state index in [0.717, 1.165) is 12.1 Å². The second-order valence-corrected chi connectivity index (χ2v) is 5.31. The Hall–Kier alpha value is -3.27. The lowest BCUT2D eigenvalue weighted by molar-refractivity contribution is -0.384. The highest BCUT2D eigenvalue weighted by Gasteiger charge is 2.13. The molecule has 1 aromatic carbocycles. The second-order valence-electron chi connectivity index (χ2n) is 4.36. The predicted octanol–water partition coefficient (Wildman–Crippen LogP) is 1.27. The Balaban J connectivity index is 1.77. The maximum atomic E-state index is 11.7. The van der Waals surface area contributed by atoms with Gasteiger partial charge in [0.05, 0.1) is 15.4 Å². The fraction of sp³-hybridized carbons (Fsp3) is 0.0714. The molecule has 24 heavy (non-hydrogen) atoms. The smallest absolute Gasteiger partial charge is 0.338 e. The average Bonchev–Trinajstić information content (AvgIpc) is 3.12. The minimum absolute atomic E-state index is 0.0658. The number of nitro benzene ring substituents is 1. The number of non-ortho nitro benzene ring substituents is 1. The van der Waals surface area contributed by atoms with Gasteiger partial charge in [0.2, 0.25) is 0 Å². The van der Waals surface area contributed by atoms with E-state index >= 15 is 0 Å². The van der Waals surface area contributed by atoms with Crippen LogP contribution >= 0.6 is 11.3 Å². The molecule has 0 atom stereocenters. The molecule has 0 saturated heterocycles. The van der Waals surface area contributed by atoms with E-state index in [1.54, 1.807) is 17.5 Å². The molecule has 0 bridgehead atoms. The van der Waals surface area contributed by atoms with Crippen LogP contribution in [0, 0.1) is 10.1 Å². The van der Waals surface area contributed by atoms with E-state index in [-0.39, 0.29) is 11.3 Å². The molecule has 2 aromatic rings. The van der Waals surface area contributed by atoms with Crippen LogP contribution in [0.4, 0.5) is 5.69 Å². The molecule has 1 heterocycles. The number of benzene rings is 1. The highest BCUT2D eigenvalue weighted by Crippen LogP contribution is 2.12. The number of nitro groups is 1. The van der Waals surface area contributed by atoms with Crippen molar-refractivity contribution in [1.82, 2.24) is 10.9 Å². The number of hydrogen-bond donors (Lipinski definition) is 2. The van der Waals surface area contributed by atoms with Crippen LogP contribution in [0.2, 0.25) is 0 Å². The Morgan fingerprint density at radius 3 is 2.42 bits per heavy atom. The van der Waals surface area contributed by atoms with Crippen molar-refractivity contribution in [3.63, 3.8) is 0 Å². The van der Waals surface area contributed by atoms with Crippen LogP contribution in [0.25, 0.3) is 0 Å². The molecular formula is C14H11N3O6S. The summed E-state index contributed by atoms with van der Waals surface area (Å²) in [7, 11) is 0. The SMILES string of the molecule is O=C(COC(=O)c1ccc([N+](=O)[O-])cc1)NNC(=O)c1cccs1. The first kappa shape index (κ1) is 17.1. The van der Waals surface area contributed by atoms with Crippen molar-refractivity contribution in [2.45, 2.75) is 0 Å². The summed E-state index contributed by atoms with van der Waals surface area (Å²) in [4.78, 5) is 45.1. The maximum absolute atomic E-state index is 11.7. The third kappa shape index (κ3) is 4.61. The lowest BCUT2D eigenvalue weighted by Gasteiger charge is -2.07. The summed E-state index contributed by atoms with van der Waals surface area (Å²) in [6, 6.07) is 8.01. The van der Waals surface area contributed by atoms with E-state index in [9.17, 15) is 24.5 Å². The van der Waals surface area contributed by atoms with Crippen molar-refractivity contribution in [2.75, 3.05) is 6.61 Å². The summed E-state index contributed by atoms with van der Waals surface area (Å²) in [6.07, 6.45) is 0. The normalized spacial score (nSPS) is 9.83. The second kappa shape index (κ2) is 7.83. The molecule has 2 amide bonds. The van der Waals surface area contributed by atoms with Crippen LogP contribution in [0.15, 0.2) is 41.8 Å². The zero-order chi connectivity index (χ0) is 17.5. The van der Waals surface area contributed by atoms with Gasteiger partial charge in [0.25, 0.3) is 17.5 Å². The topological polar surface area (TPSA) is 128 Å². The Bertz CT molecular complexity index is 757. The zero-order valence-corrected chi connectivity index (χ0v) is 12.9. The highest BCUT2D eigenvalue weighted by atomic mass is 32.1. The van der Waals surface area contributed by atoms with Gasteiger partial charge >= 0.3 is 5.97 Å². The number of hydrogen-bond acceptors (Lipinski definition) is 7. The Labute approximate surface area is 139 Å². The molecule has 10 heteroatoms. The molecule has 0 aliphatic heterocycles. The number of rotatable bonds is 5. The molecule has 0 radical (unpaired) electrons. The third-order valence-electron chi connectivity index (χ3n) is 2.71. The van der Waals surface area contributed by atoms with Gasteiger partial charge in [-0.2, -0.15) is 0 Å². The van der Waals surface area contributed by atoms with E-state index < -0.39 is 29.3 Å². The predicted molar refractivity (Wildman–Crippen MR) is 83.3 cm³/mol. The molecule has 2 rings (SSSR count). The molecule has 0 saturated carbocycles. The number of nitrogens with zero attached hydrogens (tertiary/aromatic N) is 1. The quantitative estimate of drug-likeness (QED) is 0.475. The van der Waals surface area contributed by atoms with Crippen molar-refractivity contribution in [3.8, 4) is 0 Å². The minimum Gasteiger partial charge on any atom is -0.452 e. The van der Waals surface area contributed by atoms with E-state index in [4.69, 9.17) is 4.74 Å². The number of thiophene rings is 1. The van der Waals surface area contributed by atoms with Crippen molar-refractivity contribution >= 4 is 34.8 Å². The van der Waals surface area contributed by atoms with Crippen LogP contribution in [-0.4, -0.2) is 29.3 Å². The van der Waals surface area contributed by atoms with Crippen molar-refractivity contribution in [1.29, 1.82) is 0 Å². The maximum Gasteiger partial charge on any atom is 0.338 e. The van der Waals surface area contributed by atoms with Gasteiger partial charge in [-0.25, -0.2) is 4.79 Å². The van der Waals surface area contributed by atoms with Crippen molar-refractivity contribution in [3.05, 3.63) is 62.3 Å². The van der Waals surface area contributed by atoms with Gasteiger partial charge in [-0.05, 0) is 23.6 Å². The van der Waals surface area contributed by atoms with E-state index in [0.29, 0.717) is 4.88 Å². The van der Waals surface area contributed by atoms with Gasteiger partial charge in [0.1, 0.15) is 0 Å². The van der Waals surface area contributed by atoms with Gasteiger partial charge in [-0.1, -0.05) is 6.07 Å². The Morgan fingerprint density at radius 2 is 1.83 bits per heavy atom. The van der Waals surface area contributed by atoms with Crippen LogP contribution < -0.4 is 10.9 Å². The monoisotopic (exact) mass is 349 g/mol. The lowest BCUT2D eigenvalue weighted by Crippen LogP contribution is -2.43. The van der Waals surface area contributed by atoms with Gasteiger partial charge in [0, 0.05) is 12.1 Å². The van der Waals surface area contributed by atoms with E-state index in [1.807, 2.05) is 0 Å². The molecular weight excluding hydrogens is 338 g/mol. The zero-order valence-electron chi connectivity index (χ0n) is 12.1. The number of carbonyl (C=O) groups excluding carboxylic acids is 3. The molecule has 0 unspecified atom stereocenters. The summed E-state index contributed by atoms with van der Waals surface area (Å²) < 4.78 is 4.74. The molecule has 9 nitrogen and oxygen atoms in total. The fourth-order valence-electron chi connectivity index (χ4n) is 1.57. The molecule has 0 aliphatic carbocycles. The number of carbonyl (C=O) groups is 3. The summed E-state index contributed by atoms with van der Waals surface area (Å²) in [5.74, 6) is -2.03. The number of nitrogens with one attached hydrogen (secondary N) is 2. The molecule has 1 aromatic heterocycles. The molecule has 0 spiro atoms. The summed E-state index contributed by atoms with van der Waals surface area (Å²) in [6.45, 7) is -0.611. The highest BCUT2D eigenvalue weighted by molar-refractivity contribution is 7.12. The Kier molecular flexibility index (Phi) is 5.58. The number of amides is 2. The number of esters is 1. The lowest BCUT2D eigenvalue weighted by atomic mass is 10.2. The van der Waals surface area contributed by atoms with Crippen molar-refractivity contribution in [2.24, 2.45) is 0 Å². The standard InChI is InChI=1S/C14H11N3O6S/c18-12(15-16-13(19)11-2-1-7-24-11)8-23-14(20)9-3-5-10(6-4-9)17(21)22/h1-7H,8H2,(H,15,18)(H,16,19). The summed E-state index contributed by atoms with van der Waals surface area (Å²) in [5.41, 5.74) is 4.18. The van der Waals surface area contributed by atoms with Gasteiger partial charge in [-0.3, -0.25) is 30.6 Å². The largest absolute Gasteiger partial charge is 0.452 e. The van der Waals surface area contributed by atoms with E-state index in [1.165, 1.54) is 23.5 Å². The summed E-state index contributed by atoms with van der Waals surface area (Å²) >= 11 is 1.20. The fourth-order valence-corrected chi connectivity index (χ4v) is 2.18. The molecule has 0 aliphatic rings. The third-order valence-corrected chi connectivity index (χ3v) is 3.58. The van der Waals surface area contributed by atoms with Gasteiger partial charge in [0.15, 0.2) is 6.61 Å². The molecule has 2 N–H and O–H groups in total. The minimum atomic E-state index is -0.815. The molecule has 124 valence electrons. The van der Waals surface area contributed by atoms with Gasteiger partial charge < -0.3 is 4.74 Å². The first-order chi connectivity index (χ1) is 11.5. The first-order valence-corrected chi connectivity index (χ1v) is 7.39. The van der Waals surface area contributed by atoms with Crippen LogP contribution in [0.5, 0.6) is 0 Å². The molecule has 0 fully saturated rings. The summed E-state index contributed by atoms with van der Waals surface area (Å²) in [5, 5.41) is 12.2. The van der Waals surface area contributed by atoms with Crippen LogP contribution in [0.1, 0.15) is 20.0 Å². The van der Waals surface area contributed by atoms with Gasteiger partial charge in [-0.15, -0.1) is 11.3 Å².